The van der Waals surface area contributed by atoms with Crippen LogP contribution in [0, 0.1) is 0 Å². The first-order valence-corrected chi connectivity index (χ1v) is 7.05. The van der Waals surface area contributed by atoms with Gasteiger partial charge in [-0.15, -0.1) is 17.9 Å². The van der Waals surface area contributed by atoms with Crippen LogP contribution in [0.15, 0.2) is 24.1 Å². The SMILES string of the molecule is C=CCON1C(=O)N2C[C@H]1c1ccsc1[C@H]2C(=O)OC. The summed E-state index contributed by atoms with van der Waals surface area (Å²) in [6.45, 7) is 4.25. The Labute approximate surface area is 120 Å². The van der Waals surface area contributed by atoms with E-state index < -0.39 is 12.0 Å². The average Bonchev–Trinajstić information content (AvgIpc) is 3.03. The van der Waals surface area contributed by atoms with E-state index in [0.717, 1.165) is 10.4 Å². The quantitative estimate of drug-likeness (QED) is 0.628. The van der Waals surface area contributed by atoms with Crippen molar-refractivity contribution in [2.75, 3.05) is 20.3 Å². The molecule has 3 rings (SSSR count). The second-order valence-corrected chi connectivity index (χ2v) is 5.47. The van der Waals surface area contributed by atoms with Gasteiger partial charge in [0.1, 0.15) is 6.04 Å². The van der Waals surface area contributed by atoms with Crippen LogP contribution < -0.4 is 0 Å². The highest BCUT2D eigenvalue weighted by molar-refractivity contribution is 7.10. The maximum Gasteiger partial charge on any atom is 0.345 e. The number of rotatable bonds is 4. The summed E-state index contributed by atoms with van der Waals surface area (Å²) in [6, 6.07) is 0.775. The molecule has 0 aliphatic carbocycles. The maximum atomic E-state index is 12.4. The number of esters is 1. The van der Waals surface area contributed by atoms with E-state index in [1.54, 1.807) is 6.08 Å². The molecule has 0 aromatic carbocycles. The minimum absolute atomic E-state index is 0.176. The molecular formula is C13H14N2O4S. The van der Waals surface area contributed by atoms with Gasteiger partial charge in [0.05, 0.1) is 20.3 Å². The minimum Gasteiger partial charge on any atom is -0.467 e. The molecule has 0 radical (unpaired) electrons. The van der Waals surface area contributed by atoms with Crippen LogP contribution in [0.1, 0.15) is 22.5 Å². The summed E-state index contributed by atoms with van der Waals surface area (Å²) in [4.78, 5) is 32.2. The molecule has 1 saturated heterocycles. The number of fused-ring (bicyclic) bond motifs is 4. The first-order valence-electron chi connectivity index (χ1n) is 6.17. The number of carbonyl (C=O) groups excluding carboxylic acids is 2. The second kappa shape index (κ2) is 4.92. The van der Waals surface area contributed by atoms with Gasteiger partial charge in [-0.2, -0.15) is 5.06 Å². The number of amides is 2. The van der Waals surface area contributed by atoms with Crippen molar-refractivity contribution in [3.05, 3.63) is 34.5 Å². The molecule has 1 aromatic heterocycles. The van der Waals surface area contributed by atoms with E-state index in [-0.39, 0.29) is 18.7 Å². The lowest BCUT2D eigenvalue weighted by molar-refractivity contribution is -0.146. The van der Waals surface area contributed by atoms with Crippen LogP contribution in [0.2, 0.25) is 0 Å². The fourth-order valence-electron chi connectivity index (χ4n) is 2.63. The fraction of sp³-hybridized carbons (Fsp3) is 0.385. The monoisotopic (exact) mass is 294 g/mol. The standard InChI is InChI=1S/C13H14N2O4S/c1-3-5-19-15-9-7-14(13(15)17)10(12(16)18-2)11-8(9)4-6-20-11/h3-4,6,9-10H,1,5,7H2,2H3/t9-,10-/m0/s1. The highest BCUT2D eigenvalue weighted by Crippen LogP contribution is 2.46. The topological polar surface area (TPSA) is 59.1 Å². The molecule has 7 heteroatoms. The molecule has 0 spiro atoms. The van der Waals surface area contributed by atoms with Crippen molar-refractivity contribution in [3.8, 4) is 0 Å². The number of nitrogens with zero attached hydrogens (tertiary/aromatic N) is 2. The zero-order valence-corrected chi connectivity index (χ0v) is 11.8. The van der Waals surface area contributed by atoms with Crippen molar-refractivity contribution in [2.45, 2.75) is 12.1 Å². The Hall–Kier alpha value is -1.86. The van der Waals surface area contributed by atoms with Gasteiger partial charge >= 0.3 is 12.0 Å². The summed E-state index contributed by atoms with van der Waals surface area (Å²) in [5, 5.41) is 3.24. The first-order chi connectivity index (χ1) is 9.69. The van der Waals surface area contributed by atoms with Gasteiger partial charge in [0, 0.05) is 4.88 Å². The smallest absolute Gasteiger partial charge is 0.345 e. The number of hydroxylamine groups is 2. The highest BCUT2D eigenvalue weighted by Gasteiger charge is 2.51. The molecule has 2 amide bonds. The molecule has 2 bridgehead atoms. The molecule has 20 heavy (non-hydrogen) atoms. The van der Waals surface area contributed by atoms with Gasteiger partial charge < -0.3 is 9.64 Å². The molecule has 3 heterocycles. The summed E-state index contributed by atoms with van der Waals surface area (Å²) in [5.74, 6) is -0.425. The Bertz CT molecular complexity index is 570. The Kier molecular flexibility index (Phi) is 3.23. The largest absolute Gasteiger partial charge is 0.467 e. The number of hydrogen-bond donors (Lipinski definition) is 0. The molecule has 2 aliphatic heterocycles. The number of methoxy groups -OCH3 is 1. The van der Waals surface area contributed by atoms with Crippen molar-refractivity contribution in [2.24, 2.45) is 0 Å². The molecule has 0 saturated carbocycles. The Balaban J connectivity index is 2.00. The summed E-state index contributed by atoms with van der Waals surface area (Å²) in [5.41, 5.74) is 0.955. The molecular weight excluding hydrogens is 280 g/mol. The van der Waals surface area contributed by atoms with E-state index in [1.165, 1.54) is 28.4 Å². The van der Waals surface area contributed by atoms with Gasteiger partial charge in [-0.3, -0.25) is 4.84 Å². The third-order valence-corrected chi connectivity index (χ3v) is 4.47. The van der Waals surface area contributed by atoms with Gasteiger partial charge in [-0.25, -0.2) is 9.59 Å². The van der Waals surface area contributed by atoms with E-state index in [2.05, 4.69) is 6.58 Å². The van der Waals surface area contributed by atoms with Crippen LogP contribution >= 0.6 is 11.3 Å². The van der Waals surface area contributed by atoms with Crippen LogP contribution in [0.4, 0.5) is 4.79 Å². The number of thiophene rings is 1. The molecule has 2 atom stereocenters. The zero-order chi connectivity index (χ0) is 14.3. The fourth-order valence-corrected chi connectivity index (χ4v) is 3.69. The van der Waals surface area contributed by atoms with Crippen LogP contribution in [-0.4, -0.2) is 42.2 Å². The summed E-state index contributed by atoms with van der Waals surface area (Å²) in [7, 11) is 1.33. The molecule has 6 nitrogen and oxygen atoms in total. The molecule has 0 unspecified atom stereocenters. The van der Waals surface area contributed by atoms with Crippen molar-refractivity contribution >= 4 is 23.3 Å². The lowest BCUT2D eigenvalue weighted by Crippen LogP contribution is -2.38. The van der Waals surface area contributed by atoms with Gasteiger partial charge in [0.25, 0.3) is 0 Å². The summed E-state index contributed by atoms with van der Waals surface area (Å²) >= 11 is 1.46. The molecule has 106 valence electrons. The highest BCUT2D eigenvalue weighted by atomic mass is 32.1. The molecule has 0 N–H and O–H groups in total. The predicted octanol–water partition coefficient (Wildman–Crippen LogP) is 1.87. The normalized spacial score (nSPS) is 23.8. The van der Waals surface area contributed by atoms with Gasteiger partial charge in [-0.1, -0.05) is 6.08 Å². The summed E-state index contributed by atoms with van der Waals surface area (Å²) in [6.07, 6.45) is 1.58. The number of urea groups is 1. The van der Waals surface area contributed by atoms with E-state index in [0.29, 0.717) is 6.54 Å². The Morgan fingerprint density at radius 1 is 1.65 bits per heavy atom. The van der Waals surface area contributed by atoms with Crippen LogP contribution in [-0.2, 0) is 14.4 Å². The second-order valence-electron chi connectivity index (χ2n) is 4.53. The van der Waals surface area contributed by atoms with Crippen molar-refractivity contribution in [3.63, 3.8) is 0 Å². The van der Waals surface area contributed by atoms with Crippen LogP contribution in [0.5, 0.6) is 0 Å². The maximum absolute atomic E-state index is 12.4. The molecule has 1 fully saturated rings. The van der Waals surface area contributed by atoms with Crippen molar-refractivity contribution in [1.29, 1.82) is 0 Å². The Morgan fingerprint density at radius 2 is 2.45 bits per heavy atom. The van der Waals surface area contributed by atoms with Crippen LogP contribution in [0.3, 0.4) is 0 Å². The first kappa shape index (κ1) is 13.1. The third kappa shape index (κ3) is 1.74. The van der Waals surface area contributed by atoms with Gasteiger partial charge in [0.2, 0.25) is 0 Å². The van der Waals surface area contributed by atoms with Crippen molar-refractivity contribution < 1.29 is 19.2 Å². The van der Waals surface area contributed by atoms with Crippen molar-refractivity contribution in [1.82, 2.24) is 9.96 Å². The van der Waals surface area contributed by atoms with E-state index in [4.69, 9.17) is 9.57 Å². The Morgan fingerprint density at radius 3 is 3.15 bits per heavy atom. The lowest BCUT2D eigenvalue weighted by atomic mass is 10.00. The van der Waals surface area contributed by atoms with E-state index >= 15 is 0 Å². The van der Waals surface area contributed by atoms with Gasteiger partial charge in [-0.05, 0) is 17.0 Å². The number of carbonyl (C=O) groups is 2. The zero-order valence-electron chi connectivity index (χ0n) is 10.9. The minimum atomic E-state index is -0.670. The number of ether oxygens (including phenoxy) is 1. The predicted molar refractivity (Wildman–Crippen MR) is 71.9 cm³/mol. The molecule has 1 aromatic rings. The van der Waals surface area contributed by atoms with E-state index in [9.17, 15) is 9.59 Å². The number of hydrogen-bond acceptors (Lipinski definition) is 5. The van der Waals surface area contributed by atoms with E-state index in [1.807, 2.05) is 11.4 Å². The lowest BCUT2D eigenvalue weighted by Gasteiger charge is -2.28. The summed E-state index contributed by atoms with van der Waals surface area (Å²) < 4.78 is 4.83. The third-order valence-electron chi connectivity index (χ3n) is 3.49. The van der Waals surface area contributed by atoms with Crippen LogP contribution in [0.25, 0.3) is 0 Å². The van der Waals surface area contributed by atoms with Gasteiger partial charge in [0.15, 0.2) is 6.04 Å². The average molecular weight is 294 g/mol. The molecule has 2 aliphatic rings.